The molecular formula is C14H17N3S. The third-order valence-electron chi connectivity index (χ3n) is 3.43. The summed E-state index contributed by atoms with van der Waals surface area (Å²) in [6, 6.07) is 6.69. The number of fused-ring (bicyclic) bond motifs is 1. The van der Waals surface area contributed by atoms with Gasteiger partial charge in [-0.25, -0.2) is 4.98 Å². The van der Waals surface area contributed by atoms with Gasteiger partial charge in [-0.1, -0.05) is 0 Å². The molecule has 2 aromatic rings. The summed E-state index contributed by atoms with van der Waals surface area (Å²) in [6.45, 7) is 3.11. The van der Waals surface area contributed by atoms with Gasteiger partial charge in [0, 0.05) is 42.0 Å². The Bertz CT molecular complexity index is 574. The topological polar surface area (TPSA) is 42.1 Å². The predicted octanol–water partition coefficient (Wildman–Crippen LogP) is 2.82. The average Bonchev–Trinajstić information content (AvgIpc) is 2.96. The van der Waals surface area contributed by atoms with Gasteiger partial charge in [-0.15, -0.1) is 11.3 Å². The van der Waals surface area contributed by atoms with Gasteiger partial charge in [0.15, 0.2) is 0 Å². The van der Waals surface area contributed by atoms with Crippen molar-refractivity contribution in [1.29, 1.82) is 0 Å². The SMILES string of the molecule is CC(N)c1cnc(-c2ccc3c(c2)CCN3C)s1. The monoisotopic (exact) mass is 259 g/mol. The molecule has 0 fully saturated rings. The summed E-state index contributed by atoms with van der Waals surface area (Å²) in [5, 5.41) is 1.07. The Morgan fingerprint density at radius 3 is 3.00 bits per heavy atom. The zero-order valence-corrected chi connectivity index (χ0v) is 11.5. The van der Waals surface area contributed by atoms with Crippen LogP contribution in [0.15, 0.2) is 24.4 Å². The van der Waals surface area contributed by atoms with Gasteiger partial charge in [0.05, 0.1) is 0 Å². The molecule has 94 valence electrons. The lowest BCUT2D eigenvalue weighted by Crippen LogP contribution is -2.12. The van der Waals surface area contributed by atoms with E-state index < -0.39 is 0 Å². The van der Waals surface area contributed by atoms with E-state index in [-0.39, 0.29) is 6.04 Å². The Hall–Kier alpha value is -1.39. The number of anilines is 1. The van der Waals surface area contributed by atoms with Crippen LogP contribution in [0.2, 0.25) is 0 Å². The lowest BCUT2D eigenvalue weighted by atomic mass is 10.1. The number of nitrogens with zero attached hydrogens (tertiary/aromatic N) is 2. The molecule has 1 aliphatic rings. The Morgan fingerprint density at radius 2 is 2.28 bits per heavy atom. The van der Waals surface area contributed by atoms with Crippen LogP contribution >= 0.6 is 11.3 Å². The van der Waals surface area contributed by atoms with Crippen molar-refractivity contribution < 1.29 is 0 Å². The highest BCUT2D eigenvalue weighted by Crippen LogP contribution is 2.33. The van der Waals surface area contributed by atoms with Crippen LogP contribution in [-0.2, 0) is 6.42 Å². The second-order valence-electron chi connectivity index (χ2n) is 4.87. The van der Waals surface area contributed by atoms with Gasteiger partial charge in [-0.05, 0) is 37.1 Å². The summed E-state index contributed by atoms with van der Waals surface area (Å²) in [6.07, 6.45) is 3.02. The highest BCUT2D eigenvalue weighted by atomic mass is 32.1. The maximum Gasteiger partial charge on any atom is 0.123 e. The number of aromatic nitrogens is 1. The molecule has 0 saturated carbocycles. The van der Waals surface area contributed by atoms with Crippen molar-refractivity contribution in [2.24, 2.45) is 5.73 Å². The summed E-state index contributed by atoms with van der Waals surface area (Å²) in [4.78, 5) is 7.92. The number of likely N-dealkylation sites (N-methyl/N-ethyl adjacent to an activating group) is 1. The van der Waals surface area contributed by atoms with E-state index in [4.69, 9.17) is 5.73 Å². The van der Waals surface area contributed by atoms with Crippen molar-refractivity contribution >= 4 is 17.0 Å². The third-order valence-corrected chi connectivity index (χ3v) is 4.67. The molecule has 0 saturated heterocycles. The van der Waals surface area contributed by atoms with Crippen molar-refractivity contribution in [2.45, 2.75) is 19.4 Å². The lowest BCUT2D eigenvalue weighted by molar-refractivity contribution is 0.835. The Balaban J connectivity index is 1.97. The standard InChI is InChI=1S/C14H17N3S/c1-9(15)13-8-16-14(18-13)11-3-4-12-10(7-11)5-6-17(12)2/h3-4,7-9H,5-6,15H2,1-2H3. The Kier molecular flexibility index (Phi) is 2.84. The smallest absolute Gasteiger partial charge is 0.123 e. The minimum atomic E-state index is 0.0665. The summed E-state index contributed by atoms with van der Waals surface area (Å²) in [7, 11) is 2.14. The maximum absolute atomic E-state index is 5.88. The zero-order valence-electron chi connectivity index (χ0n) is 10.7. The van der Waals surface area contributed by atoms with Crippen LogP contribution in [0.3, 0.4) is 0 Å². The third kappa shape index (κ3) is 1.91. The van der Waals surface area contributed by atoms with Crippen LogP contribution in [0.4, 0.5) is 5.69 Å². The molecule has 3 rings (SSSR count). The fourth-order valence-corrected chi connectivity index (χ4v) is 3.20. The second kappa shape index (κ2) is 4.37. The van der Waals surface area contributed by atoms with Crippen molar-refractivity contribution in [1.82, 2.24) is 4.98 Å². The molecule has 4 heteroatoms. The molecule has 0 aliphatic carbocycles. The van der Waals surface area contributed by atoms with Gasteiger partial charge in [0.2, 0.25) is 0 Å². The van der Waals surface area contributed by atoms with Gasteiger partial charge in [-0.3, -0.25) is 0 Å². The van der Waals surface area contributed by atoms with Crippen LogP contribution < -0.4 is 10.6 Å². The van der Waals surface area contributed by atoms with Gasteiger partial charge in [-0.2, -0.15) is 0 Å². The first-order valence-electron chi connectivity index (χ1n) is 6.21. The van der Waals surface area contributed by atoms with E-state index in [1.165, 1.54) is 16.8 Å². The van der Waals surface area contributed by atoms with E-state index in [0.29, 0.717) is 0 Å². The first-order valence-corrected chi connectivity index (χ1v) is 7.02. The van der Waals surface area contributed by atoms with E-state index in [0.717, 1.165) is 22.9 Å². The Labute approximate surface area is 111 Å². The number of benzene rings is 1. The molecule has 0 amide bonds. The van der Waals surface area contributed by atoms with Gasteiger partial charge in [0.25, 0.3) is 0 Å². The van der Waals surface area contributed by atoms with Crippen LogP contribution in [0.5, 0.6) is 0 Å². The van der Waals surface area contributed by atoms with Crippen LogP contribution in [0, 0.1) is 0 Å². The minimum absolute atomic E-state index is 0.0665. The van der Waals surface area contributed by atoms with Crippen LogP contribution in [0.1, 0.15) is 23.4 Å². The van der Waals surface area contributed by atoms with Crippen LogP contribution in [-0.4, -0.2) is 18.6 Å². The molecule has 18 heavy (non-hydrogen) atoms. The maximum atomic E-state index is 5.88. The van der Waals surface area contributed by atoms with E-state index in [1.54, 1.807) is 11.3 Å². The van der Waals surface area contributed by atoms with E-state index in [2.05, 4.69) is 35.1 Å². The highest BCUT2D eigenvalue weighted by Gasteiger charge is 2.17. The first kappa shape index (κ1) is 11.7. The lowest BCUT2D eigenvalue weighted by Gasteiger charge is -2.11. The summed E-state index contributed by atoms with van der Waals surface area (Å²) >= 11 is 1.69. The quantitative estimate of drug-likeness (QED) is 0.901. The molecule has 1 unspecified atom stereocenters. The zero-order chi connectivity index (χ0) is 12.7. The fraction of sp³-hybridized carbons (Fsp3) is 0.357. The van der Waals surface area contributed by atoms with Crippen molar-refractivity contribution in [3.05, 3.63) is 34.8 Å². The van der Waals surface area contributed by atoms with E-state index >= 15 is 0 Å². The fourth-order valence-electron chi connectivity index (χ4n) is 2.33. The molecule has 1 aromatic heterocycles. The van der Waals surface area contributed by atoms with Gasteiger partial charge in [0.1, 0.15) is 5.01 Å². The molecule has 0 spiro atoms. The molecule has 1 aliphatic heterocycles. The van der Waals surface area contributed by atoms with Crippen LogP contribution in [0.25, 0.3) is 10.6 Å². The normalized spacial score (nSPS) is 15.8. The molecule has 1 aromatic carbocycles. The number of thiazole rings is 1. The average molecular weight is 259 g/mol. The number of hydrogen-bond acceptors (Lipinski definition) is 4. The number of nitrogens with two attached hydrogens (primary N) is 1. The molecular weight excluding hydrogens is 242 g/mol. The molecule has 3 nitrogen and oxygen atoms in total. The highest BCUT2D eigenvalue weighted by molar-refractivity contribution is 7.15. The summed E-state index contributed by atoms with van der Waals surface area (Å²) in [5.41, 5.74) is 9.86. The summed E-state index contributed by atoms with van der Waals surface area (Å²) < 4.78 is 0. The summed E-state index contributed by atoms with van der Waals surface area (Å²) in [5.74, 6) is 0. The molecule has 2 heterocycles. The molecule has 1 atom stereocenters. The van der Waals surface area contributed by atoms with Gasteiger partial charge >= 0.3 is 0 Å². The largest absolute Gasteiger partial charge is 0.374 e. The predicted molar refractivity (Wildman–Crippen MR) is 77.1 cm³/mol. The molecule has 0 radical (unpaired) electrons. The van der Waals surface area contributed by atoms with E-state index in [9.17, 15) is 0 Å². The number of rotatable bonds is 2. The number of hydrogen-bond donors (Lipinski definition) is 1. The second-order valence-corrected chi connectivity index (χ2v) is 5.93. The first-order chi connectivity index (χ1) is 8.65. The van der Waals surface area contributed by atoms with Crippen molar-refractivity contribution in [2.75, 3.05) is 18.5 Å². The van der Waals surface area contributed by atoms with Crippen molar-refractivity contribution in [3.63, 3.8) is 0 Å². The minimum Gasteiger partial charge on any atom is -0.374 e. The molecule has 2 N–H and O–H groups in total. The van der Waals surface area contributed by atoms with E-state index in [1.807, 2.05) is 13.1 Å². The molecule has 0 bridgehead atoms. The van der Waals surface area contributed by atoms with Gasteiger partial charge < -0.3 is 10.6 Å². The van der Waals surface area contributed by atoms with Crippen molar-refractivity contribution in [3.8, 4) is 10.6 Å². The Morgan fingerprint density at radius 1 is 1.44 bits per heavy atom.